The Balaban J connectivity index is 3.82. The maximum Gasteiger partial charge on any atom is 0.430 e. The number of alkyl halides is 5. The Kier molecular flexibility index (Phi) is 6.27. The molecule has 0 amide bonds. The minimum Gasteiger partial charge on any atom is -0.480 e. The number of carbonyl (C=O) groups excluding carboxylic acids is 1. The largest absolute Gasteiger partial charge is 0.480 e. The van der Waals surface area contributed by atoms with E-state index in [2.05, 4.69) is 14.5 Å². The SMILES string of the molecule is CCOC(=O)C1=C(COC)C(C)(C(=O)O)C(C(F)(F)F)=NC1C(F)F. The molecule has 1 aliphatic heterocycles. The summed E-state index contributed by atoms with van der Waals surface area (Å²) in [7, 11) is 1.02. The number of halogens is 5. The fourth-order valence-corrected chi connectivity index (χ4v) is 2.51. The Morgan fingerprint density at radius 2 is 1.92 bits per heavy atom. The van der Waals surface area contributed by atoms with E-state index in [0.717, 1.165) is 7.11 Å². The summed E-state index contributed by atoms with van der Waals surface area (Å²) >= 11 is 0. The van der Waals surface area contributed by atoms with Crippen LogP contribution < -0.4 is 0 Å². The zero-order valence-electron chi connectivity index (χ0n) is 13.5. The summed E-state index contributed by atoms with van der Waals surface area (Å²) < 4.78 is 75.8. The van der Waals surface area contributed by atoms with E-state index < -0.39 is 59.5 Å². The van der Waals surface area contributed by atoms with Crippen LogP contribution in [0, 0.1) is 5.41 Å². The van der Waals surface area contributed by atoms with Crippen molar-refractivity contribution in [2.24, 2.45) is 10.4 Å². The van der Waals surface area contributed by atoms with E-state index in [1.54, 1.807) is 0 Å². The number of aliphatic imine (C=N–C) groups is 1. The highest BCUT2D eigenvalue weighted by Gasteiger charge is 2.59. The highest BCUT2D eigenvalue weighted by molar-refractivity contribution is 6.14. The van der Waals surface area contributed by atoms with E-state index in [-0.39, 0.29) is 6.61 Å². The number of methoxy groups -OCH3 is 1. The Morgan fingerprint density at radius 1 is 1.36 bits per heavy atom. The van der Waals surface area contributed by atoms with Gasteiger partial charge >= 0.3 is 18.1 Å². The molecule has 0 fully saturated rings. The average molecular weight is 373 g/mol. The number of dihydropyridines is 1. The Morgan fingerprint density at radius 3 is 2.28 bits per heavy atom. The predicted octanol–water partition coefficient (Wildman–Crippen LogP) is 2.23. The van der Waals surface area contributed by atoms with Gasteiger partial charge in [0.15, 0.2) is 0 Å². The fraction of sp³-hybridized carbons (Fsp3) is 0.643. The number of carboxylic acid groups (broad SMARTS) is 1. The first-order valence-corrected chi connectivity index (χ1v) is 6.99. The third kappa shape index (κ3) is 3.80. The maximum absolute atomic E-state index is 13.3. The molecule has 25 heavy (non-hydrogen) atoms. The highest BCUT2D eigenvalue weighted by atomic mass is 19.4. The number of aliphatic carboxylic acids is 1. The second-order valence-electron chi connectivity index (χ2n) is 5.23. The van der Waals surface area contributed by atoms with Gasteiger partial charge in [0.1, 0.15) is 17.2 Å². The van der Waals surface area contributed by atoms with Crippen LogP contribution >= 0.6 is 0 Å². The summed E-state index contributed by atoms with van der Waals surface area (Å²) in [5, 5.41) is 9.37. The number of hydrogen-bond acceptors (Lipinski definition) is 5. The van der Waals surface area contributed by atoms with Crippen molar-refractivity contribution in [3.05, 3.63) is 11.1 Å². The predicted molar refractivity (Wildman–Crippen MR) is 74.6 cm³/mol. The van der Waals surface area contributed by atoms with Gasteiger partial charge in [0.2, 0.25) is 0 Å². The molecule has 0 aliphatic carbocycles. The van der Waals surface area contributed by atoms with Crippen molar-refractivity contribution in [3.8, 4) is 0 Å². The topological polar surface area (TPSA) is 85.2 Å². The third-order valence-electron chi connectivity index (χ3n) is 3.69. The number of carbonyl (C=O) groups is 2. The van der Waals surface area contributed by atoms with Crippen LogP contribution in [0.3, 0.4) is 0 Å². The molecule has 0 radical (unpaired) electrons. The first-order valence-electron chi connectivity index (χ1n) is 6.99. The minimum absolute atomic E-state index is 0.252. The van der Waals surface area contributed by atoms with E-state index in [9.17, 15) is 36.6 Å². The molecule has 1 N–H and O–H groups in total. The molecular weight excluding hydrogens is 357 g/mol. The van der Waals surface area contributed by atoms with Crippen molar-refractivity contribution in [2.45, 2.75) is 32.5 Å². The van der Waals surface area contributed by atoms with Crippen LogP contribution in [-0.2, 0) is 19.1 Å². The molecule has 0 aromatic rings. The Bertz CT molecular complexity index is 613. The monoisotopic (exact) mass is 373 g/mol. The molecule has 0 aromatic carbocycles. The van der Waals surface area contributed by atoms with Crippen molar-refractivity contribution in [2.75, 3.05) is 20.3 Å². The van der Waals surface area contributed by atoms with Gasteiger partial charge in [-0.3, -0.25) is 9.79 Å². The smallest absolute Gasteiger partial charge is 0.430 e. The highest BCUT2D eigenvalue weighted by Crippen LogP contribution is 2.44. The zero-order valence-corrected chi connectivity index (χ0v) is 13.5. The second-order valence-corrected chi connectivity index (χ2v) is 5.23. The van der Waals surface area contributed by atoms with Crippen LogP contribution in [0.4, 0.5) is 22.0 Å². The van der Waals surface area contributed by atoms with Gasteiger partial charge in [-0.15, -0.1) is 0 Å². The molecule has 2 unspecified atom stereocenters. The average Bonchev–Trinajstić information content (AvgIpc) is 2.47. The molecule has 0 saturated heterocycles. The van der Waals surface area contributed by atoms with Crippen molar-refractivity contribution in [1.29, 1.82) is 0 Å². The summed E-state index contributed by atoms with van der Waals surface area (Å²) in [6.45, 7) is 0.944. The molecule has 1 rings (SSSR count). The number of carboxylic acids is 1. The summed E-state index contributed by atoms with van der Waals surface area (Å²) in [6, 6.07) is -2.51. The number of nitrogens with zero attached hydrogens (tertiary/aromatic N) is 1. The van der Waals surface area contributed by atoms with Gasteiger partial charge in [0.05, 0.1) is 18.8 Å². The molecule has 0 aromatic heterocycles. The van der Waals surface area contributed by atoms with Crippen molar-refractivity contribution in [3.63, 3.8) is 0 Å². The molecule has 1 aliphatic rings. The number of rotatable bonds is 6. The van der Waals surface area contributed by atoms with Gasteiger partial charge in [-0.05, 0) is 19.4 Å². The van der Waals surface area contributed by atoms with E-state index in [4.69, 9.17) is 0 Å². The summed E-state index contributed by atoms with van der Waals surface area (Å²) in [4.78, 5) is 26.6. The molecular formula is C14H16F5NO5. The van der Waals surface area contributed by atoms with E-state index in [1.165, 1.54) is 6.92 Å². The molecule has 2 atom stereocenters. The lowest BCUT2D eigenvalue weighted by atomic mass is 9.72. The van der Waals surface area contributed by atoms with Gasteiger partial charge in [-0.2, -0.15) is 13.2 Å². The van der Waals surface area contributed by atoms with Crippen LogP contribution in [0.25, 0.3) is 0 Å². The van der Waals surface area contributed by atoms with E-state index in [1.807, 2.05) is 0 Å². The van der Waals surface area contributed by atoms with Crippen molar-refractivity contribution >= 4 is 17.7 Å². The summed E-state index contributed by atoms with van der Waals surface area (Å²) in [5.74, 6) is -3.37. The summed E-state index contributed by atoms with van der Waals surface area (Å²) in [5.41, 5.74) is -6.51. The standard InChI is InChI=1S/C14H16F5NO5/c1-4-25-10(21)7-6(5-24-3)13(2,12(22)23)11(14(17,18)19)20-8(7)9(15)16/h8-9H,4-5H2,1-3H3,(H,22,23). The van der Waals surface area contributed by atoms with Crippen LogP contribution in [0.5, 0.6) is 0 Å². The summed E-state index contributed by atoms with van der Waals surface area (Å²) in [6.07, 6.45) is -8.79. The van der Waals surface area contributed by atoms with Crippen LogP contribution in [0.15, 0.2) is 16.1 Å². The van der Waals surface area contributed by atoms with Crippen molar-refractivity contribution < 1.29 is 46.1 Å². The van der Waals surface area contributed by atoms with Crippen LogP contribution in [0.1, 0.15) is 13.8 Å². The van der Waals surface area contributed by atoms with Gasteiger partial charge in [-0.25, -0.2) is 13.6 Å². The molecule has 11 heteroatoms. The van der Waals surface area contributed by atoms with Gasteiger partial charge in [0.25, 0.3) is 6.43 Å². The fourth-order valence-electron chi connectivity index (χ4n) is 2.51. The Labute approximate surface area is 139 Å². The van der Waals surface area contributed by atoms with Gasteiger partial charge in [-0.1, -0.05) is 0 Å². The number of ether oxygens (including phenoxy) is 2. The van der Waals surface area contributed by atoms with E-state index in [0.29, 0.717) is 6.92 Å². The van der Waals surface area contributed by atoms with E-state index >= 15 is 0 Å². The Hall–Kier alpha value is -2.04. The molecule has 6 nitrogen and oxygen atoms in total. The van der Waals surface area contributed by atoms with Gasteiger partial charge < -0.3 is 14.6 Å². The third-order valence-corrected chi connectivity index (χ3v) is 3.69. The zero-order chi connectivity index (χ0) is 19.6. The normalized spacial score (nSPS) is 24.4. The lowest BCUT2D eigenvalue weighted by Crippen LogP contribution is -2.52. The lowest BCUT2D eigenvalue weighted by Gasteiger charge is -2.37. The molecule has 0 bridgehead atoms. The lowest BCUT2D eigenvalue weighted by molar-refractivity contribution is -0.145. The van der Waals surface area contributed by atoms with Gasteiger partial charge in [0, 0.05) is 7.11 Å². The van der Waals surface area contributed by atoms with Crippen molar-refractivity contribution in [1.82, 2.24) is 0 Å². The molecule has 142 valence electrons. The first kappa shape index (κ1) is 21.0. The second kappa shape index (κ2) is 7.46. The first-order chi connectivity index (χ1) is 11.4. The molecule has 0 spiro atoms. The van der Waals surface area contributed by atoms with Crippen LogP contribution in [0.2, 0.25) is 0 Å². The number of esters is 1. The maximum atomic E-state index is 13.3. The quantitative estimate of drug-likeness (QED) is 0.570. The van der Waals surface area contributed by atoms with Crippen LogP contribution in [-0.4, -0.2) is 61.7 Å². The molecule has 0 saturated carbocycles. The molecule has 1 heterocycles. The number of hydrogen-bond donors (Lipinski definition) is 1. The minimum atomic E-state index is -5.31.